The molecule has 0 saturated carbocycles. The molecular formula is C18H16N2O4Y-2. The van der Waals surface area contributed by atoms with E-state index in [-0.39, 0.29) is 57.0 Å². The van der Waals surface area contributed by atoms with Crippen molar-refractivity contribution in [2.45, 2.75) is 0 Å². The molecule has 2 rings (SSSR count). The number of ether oxygens (including phenoxy) is 2. The van der Waals surface area contributed by atoms with Crippen LogP contribution in [0.1, 0.15) is 20.7 Å². The normalized spacial score (nSPS) is 10.1. The molecular weight excluding hydrogens is 397 g/mol. The molecule has 0 saturated heterocycles. The van der Waals surface area contributed by atoms with Gasteiger partial charge in [-0.2, -0.15) is 0 Å². The number of rotatable bonds is 8. The van der Waals surface area contributed by atoms with Gasteiger partial charge < -0.3 is 30.5 Å². The smallest absolute Gasteiger partial charge is 0.128 e. The predicted molar refractivity (Wildman–Crippen MR) is 90.3 cm³/mol. The van der Waals surface area contributed by atoms with Crippen LogP contribution in [-0.2, 0) is 32.7 Å². The van der Waals surface area contributed by atoms with Gasteiger partial charge in [-0.05, 0) is 36.4 Å². The van der Waals surface area contributed by atoms with Crippen LogP contribution >= 0.6 is 0 Å². The van der Waals surface area contributed by atoms with Crippen LogP contribution in [0.2, 0.25) is 0 Å². The number of benzene rings is 2. The SMILES string of the molecule is [NH-]C(=O)c1ccccc1OC/C=C\COc1ccccc1C([NH-])=O.[Y]. The van der Waals surface area contributed by atoms with Gasteiger partial charge in [-0.1, -0.05) is 24.3 Å². The summed E-state index contributed by atoms with van der Waals surface area (Å²) in [5, 5.41) is 0. The number of carbonyl (C=O) groups is 2. The van der Waals surface area contributed by atoms with E-state index in [4.69, 9.17) is 20.9 Å². The summed E-state index contributed by atoms with van der Waals surface area (Å²) in [4.78, 5) is 22.3. The van der Waals surface area contributed by atoms with Crippen molar-refractivity contribution in [3.8, 4) is 11.5 Å². The molecule has 25 heavy (non-hydrogen) atoms. The maximum Gasteiger partial charge on any atom is 0.128 e. The fraction of sp³-hybridized carbons (Fsp3) is 0.111. The summed E-state index contributed by atoms with van der Waals surface area (Å²) < 4.78 is 10.9. The van der Waals surface area contributed by atoms with Crippen molar-refractivity contribution >= 4 is 11.8 Å². The molecule has 2 amide bonds. The van der Waals surface area contributed by atoms with Gasteiger partial charge in [0, 0.05) is 43.8 Å². The Morgan fingerprint density at radius 3 is 1.48 bits per heavy atom. The molecule has 0 atom stereocenters. The zero-order chi connectivity index (χ0) is 17.4. The minimum absolute atomic E-state index is 0. The predicted octanol–water partition coefficient (Wildman–Crippen LogP) is 4.08. The molecule has 0 aliphatic carbocycles. The van der Waals surface area contributed by atoms with Crippen molar-refractivity contribution in [2.75, 3.05) is 13.2 Å². The Bertz CT molecular complexity index is 699. The first-order chi connectivity index (χ1) is 11.6. The molecule has 0 fully saturated rings. The van der Waals surface area contributed by atoms with E-state index in [0.717, 1.165) is 0 Å². The van der Waals surface area contributed by atoms with Crippen molar-refractivity contribution in [3.63, 3.8) is 0 Å². The first-order valence-corrected chi connectivity index (χ1v) is 7.20. The Morgan fingerprint density at radius 2 is 1.12 bits per heavy atom. The largest absolute Gasteiger partial charge is 0.663 e. The average molecular weight is 413 g/mol. The monoisotopic (exact) mass is 413 g/mol. The van der Waals surface area contributed by atoms with E-state index in [1.165, 1.54) is 12.1 Å². The van der Waals surface area contributed by atoms with E-state index >= 15 is 0 Å². The van der Waals surface area contributed by atoms with E-state index in [9.17, 15) is 9.59 Å². The van der Waals surface area contributed by atoms with Crippen molar-refractivity contribution in [2.24, 2.45) is 0 Å². The molecule has 2 aromatic rings. The van der Waals surface area contributed by atoms with Gasteiger partial charge in [0.25, 0.3) is 0 Å². The summed E-state index contributed by atoms with van der Waals surface area (Å²) in [5.74, 6) is -0.884. The maximum atomic E-state index is 11.2. The molecule has 127 valence electrons. The van der Waals surface area contributed by atoms with Crippen molar-refractivity contribution in [1.82, 2.24) is 0 Å². The van der Waals surface area contributed by atoms with Crippen LogP contribution in [0.5, 0.6) is 11.5 Å². The van der Waals surface area contributed by atoms with Crippen molar-refractivity contribution < 1.29 is 51.8 Å². The van der Waals surface area contributed by atoms with Gasteiger partial charge in [0.05, 0.1) is 11.8 Å². The van der Waals surface area contributed by atoms with Crippen LogP contribution in [-0.4, -0.2) is 25.0 Å². The van der Waals surface area contributed by atoms with Crippen molar-refractivity contribution in [3.05, 3.63) is 83.3 Å². The number of hydrogen-bond acceptors (Lipinski definition) is 4. The number of hydrogen-bond donors (Lipinski definition) is 0. The Labute approximate surface area is 171 Å². The average Bonchev–Trinajstić information content (AvgIpc) is 2.58. The third-order valence-corrected chi connectivity index (χ3v) is 3.10. The van der Waals surface area contributed by atoms with E-state index in [0.29, 0.717) is 11.5 Å². The third kappa shape index (κ3) is 6.32. The Kier molecular flexibility index (Phi) is 8.88. The molecule has 0 aromatic heterocycles. The zero-order valence-corrected chi connectivity index (χ0v) is 16.2. The molecule has 0 aliphatic rings. The molecule has 0 spiro atoms. The van der Waals surface area contributed by atoms with Crippen LogP contribution in [0, 0.1) is 0 Å². The second-order valence-electron chi connectivity index (χ2n) is 4.74. The summed E-state index contributed by atoms with van der Waals surface area (Å²) in [6.07, 6.45) is 3.41. The first kappa shape index (κ1) is 20.9. The molecule has 1 radical (unpaired) electrons. The molecule has 0 bridgehead atoms. The summed E-state index contributed by atoms with van der Waals surface area (Å²) in [6, 6.07) is 13.1. The molecule has 6 nitrogen and oxygen atoms in total. The van der Waals surface area contributed by atoms with Gasteiger partial charge in [-0.15, -0.1) is 0 Å². The quantitative estimate of drug-likeness (QED) is 0.609. The van der Waals surface area contributed by atoms with Gasteiger partial charge in [0.15, 0.2) is 0 Å². The molecule has 0 aliphatic heterocycles. The van der Waals surface area contributed by atoms with Crippen LogP contribution < -0.4 is 9.47 Å². The molecule has 2 aromatic carbocycles. The van der Waals surface area contributed by atoms with E-state index in [1.54, 1.807) is 48.6 Å². The van der Waals surface area contributed by atoms with Crippen LogP contribution in [0.15, 0.2) is 60.7 Å². The topological polar surface area (TPSA) is 100 Å². The molecule has 0 unspecified atom stereocenters. The van der Waals surface area contributed by atoms with Gasteiger partial charge in [0.1, 0.15) is 24.7 Å². The summed E-state index contributed by atoms with van der Waals surface area (Å²) in [6.45, 7) is 0.430. The Morgan fingerprint density at radius 1 is 0.760 bits per heavy atom. The van der Waals surface area contributed by atoms with Gasteiger partial charge >= 0.3 is 0 Å². The van der Waals surface area contributed by atoms with E-state index in [1.807, 2.05) is 0 Å². The second-order valence-corrected chi connectivity index (χ2v) is 4.74. The molecule has 0 heterocycles. The van der Waals surface area contributed by atoms with Crippen molar-refractivity contribution in [1.29, 1.82) is 0 Å². The fourth-order valence-electron chi connectivity index (χ4n) is 1.97. The molecule has 7 heteroatoms. The minimum Gasteiger partial charge on any atom is -0.663 e. The summed E-state index contributed by atoms with van der Waals surface area (Å²) >= 11 is 0. The Balaban J connectivity index is 0.00000312. The number of nitrogens with one attached hydrogen (secondary N) is 2. The zero-order valence-electron chi connectivity index (χ0n) is 13.4. The number of amides is 2. The summed E-state index contributed by atoms with van der Waals surface area (Å²) in [5.41, 5.74) is 14.7. The minimum atomic E-state index is -0.797. The number of para-hydroxylation sites is 2. The third-order valence-electron chi connectivity index (χ3n) is 3.10. The van der Waals surface area contributed by atoms with Gasteiger partial charge in [-0.25, -0.2) is 0 Å². The van der Waals surface area contributed by atoms with Crippen LogP contribution in [0.3, 0.4) is 0 Å². The standard InChI is InChI=1S/C18H18N2O4.Y/c19-17(21)13-7-1-3-9-15(13)23-11-5-6-12-24-16-10-4-2-8-14(16)18(20)22;/h1-10H,11-12H2,(H4,19,20,21,22);/p-2/b6-5-;. The second kappa shape index (κ2) is 10.6. The van der Waals surface area contributed by atoms with Gasteiger partial charge in [0.2, 0.25) is 0 Å². The van der Waals surface area contributed by atoms with Crippen LogP contribution in [0.25, 0.3) is 11.5 Å². The van der Waals surface area contributed by atoms with Gasteiger partial charge in [-0.3, -0.25) is 0 Å². The fourth-order valence-corrected chi connectivity index (χ4v) is 1.97. The first-order valence-electron chi connectivity index (χ1n) is 7.20. The number of carbonyl (C=O) groups excluding carboxylic acids is 2. The van der Waals surface area contributed by atoms with E-state index in [2.05, 4.69) is 0 Å². The van der Waals surface area contributed by atoms with E-state index < -0.39 is 11.8 Å². The summed E-state index contributed by atoms with van der Waals surface area (Å²) in [7, 11) is 0. The Hall–Kier alpha value is -2.18. The maximum absolute atomic E-state index is 11.2. The van der Waals surface area contributed by atoms with Crippen LogP contribution in [0.4, 0.5) is 0 Å². The molecule has 2 N–H and O–H groups in total.